The molecular formula is C21H26N9O2+. The van der Waals surface area contributed by atoms with Crippen LogP contribution in [0, 0.1) is 5.92 Å². The number of nitrogen functional groups attached to an aromatic ring is 1. The first-order chi connectivity index (χ1) is 15.6. The predicted octanol–water partition coefficient (Wildman–Crippen LogP) is 0.476. The fourth-order valence-corrected chi connectivity index (χ4v) is 3.64. The van der Waals surface area contributed by atoms with Gasteiger partial charge in [0.05, 0.1) is 13.1 Å². The number of allylic oxidation sites excluding steroid dienone is 1. The molecule has 1 aliphatic heterocycles. The smallest absolute Gasteiger partial charge is 0.294 e. The van der Waals surface area contributed by atoms with Crippen LogP contribution in [0.1, 0.15) is 41.5 Å². The highest BCUT2D eigenvalue weighted by Gasteiger charge is 2.28. The largest absolute Gasteiger partial charge is 0.378 e. The molecule has 1 aliphatic rings. The summed E-state index contributed by atoms with van der Waals surface area (Å²) in [6.45, 7) is 4.81. The third-order valence-corrected chi connectivity index (χ3v) is 5.49. The highest BCUT2D eigenvalue weighted by atomic mass is 16.6. The van der Waals surface area contributed by atoms with Crippen molar-refractivity contribution >= 4 is 24.0 Å². The number of piperidine rings is 1. The number of rotatable bonds is 7. The van der Waals surface area contributed by atoms with Crippen LogP contribution >= 0.6 is 0 Å². The maximum atomic E-state index is 12.8. The zero-order chi connectivity index (χ0) is 22.3. The van der Waals surface area contributed by atoms with Gasteiger partial charge in [-0.3, -0.25) is 4.79 Å². The highest BCUT2D eigenvalue weighted by Crippen LogP contribution is 2.16. The van der Waals surface area contributed by atoms with E-state index in [2.05, 4.69) is 38.1 Å². The van der Waals surface area contributed by atoms with E-state index < -0.39 is 5.91 Å². The van der Waals surface area contributed by atoms with Gasteiger partial charge in [-0.05, 0) is 40.7 Å². The van der Waals surface area contributed by atoms with Gasteiger partial charge in [-0.25, -0.2) is 10.1 Å². The zero-order valence-electron chi connectivity index (χ0n) is 17.8. The van der Waals surface area contributed by atoms with Crippen molar-refractivity contribution in [2.24, 2.45) is 11.0 Å². The van der Waals surface area contributed by atoms with Gasteiger partial charge in [0, 0.05) is 6.21 Å². The predicted molar refractivity (Wildman–Crippen MR) is 118 cm³/mol. The Morgan fingerprint density at radius 2 is 2.09 bits per heavy atom. The van der Waals surface area contributed by atoms with Crippen LogP contribution in [0.4, 0.5) is 5.82 Å². The number of hydrogen-bond donors (Lipinski definition) is 3. The van der Waals surface area contributed by atoms with Crippen LogP contribution in [-0.4, -0.2) is 50.5 Å². The summed E-state index contributed by atoms with van der Waals surface area (Å²) in [5, 5.41) is 19.6. The number of quaternary nitrogens is 1. The van der Waals surface area contributed by atoms with E-state index in [1.54, 1.807) is 6.08 Å². The van der Waals surface area contributed by atoms with Crippen LogP contribution in [0.2, 0.25) is 0 Å². The van der Waals surface area contributed by atoms with E-state index in [4.69, 9.17) is 10.4 Å². The van der Waals surface area contributed by atoms with Crippen LogP contribution in [0.25, 0.3) is 11.9 Å². The van der Waals surface area contributed by atoms with Crippen LogP contribution in [-0.2, 0) is 6.54 Å². The molecular weight excluding hydrogens is 410 g/mol. The van der Waals surface area contributed by atoms with Crippen molar-refractivity contribution in [1.82, 2.24) is 30.7 Å². The molecule has 0 atom stereocenters. The number of amides is 1. The molecule has 11 heteroatoms. The average molecular weight is 437 g/mol. The summed E-state index contributed by atoms with van der Waals surface area (Å²) in [7, 11) is 0. The SMILES string of the molecule is CC1CC[NH+](Cc2c(C(=O)NN=CC=Cc3ccccc3)nnn2-c2nonc2N)CC1. The number of likely N-dealkylation sites (tertiary alicyclic amines) is 1. The average Bonchev–Trinajstić information content (AvgIpc) is 3.41. The molecule has 11 nitrogen and oxygen atoms in total. The molecule has 4 N–H and O–H groups in total. The summed E-state index contributed by atoms with van der Waals surface area (Å²) in [6, 6.07) is 9.80. The molecule has 3 heterocycles. The number of benzene rings is 1. The second-order valence-electron chi connectivity index (χ2n) is 7.87. The Morgan fingerprint density at radius 1 is 1.31 bits per heavy atom. The fraction of sp³-hybridized carbons (Fsp3) is 0.333. The molecule has 0 radical (unpaired) electrons. The van der Waals surface area contributed by atoms with Crippen LogP contribution < -0.4 is 16.1 Å². The number of hydrazone groups is 1. The lowest BCUT2D eigenvalue weighted by Crippen LogP contribution is -3.11. The fourth-order valence-electron chi connectivity index (χ4n) is 3.64. The van der Waals surface area contributed by atoms with E-state index in [0.717, 1.165) is 31.5 Å². The zero-order valence-corrected chi connectivity index (χ0v) is 17.8. The number of hydrogen-bond acceptors (Lipinski definition) is 8. The number of nitrogens with zero attached hydrogens (tertiary/aromatic N) is 6. The number of carbonyl (C=O) groups is 1. The Morgan fingerprint density at radius 3 is 2.81 bits per heavy atom. The maximum Gasteiger partial charge on any atom is 0.294 e. The Balaban J connectivity index is 1.50. The minimum atomic E-state index is -0.463. The monoisotopic (exact) mass is 436 g/mol. The van der Waals surface area contributed by atoms with Crippen LogP contribution in [0.5, 0.6) is 0 Å². The third kappa shape index (κ3) is 5.06. The molecule has 1 aromatic carbocycles. The third-order valence-electron chi connectivity index (χ3n) is 5.49. The first-order valence-corrected chi connectivity index (χ1v) is 10.5. The number of nitrogens with one attached hydrogen (secondary N) is 2. The molecule has 0 saturated carbocycles. The lowest BCUT2D eigenvalue weighted by atomic mass is 9.99. The molecule has 1 fully saturated rings. The topological polar surface area (TPSA) is 142 Å². The lowest BCUT2D eigenvalue weighted by Gasteiger charge is -2.27. The van der Waals surface area contributed by atoms with Crippen LogP contribution in [0.15, 0.2) is 46.1 Å². The first kappa shape index (κ1) is 21.4. The van der Waals surface area contributed by atoms with E-state index in [1.807, 2.05) is 36.4 Å². The van der Waals surface area contributed by atoms with Crippen molar-refractivity contribution in [3.05, 3.63) is 53.4 Å². The molecule has 1 amide bonds. The molecule has 166 valence electrons. The molecule has 0 spiro atoms. The van der Waals surface area contributed by atoms with Crippen LogP contribution in [0.3, 0.4) is 0 Å². The first-order valence-electron chi connectivity index (χ1n) is 10.5. The standard InChI is InChI=1S/C21H25N9O2/c1-15-9-12-29(13-10-15)14-17-18(24-28-30(17)20-19(22)26-32-27-20)21(31)25-23-11-5-8-16-6-3-2-4-7-16/h2-8,11,15H,9-10,12-14H2,1H3,(H2,22,26)(H,25,31)/p+1. The van der Waals surface area contributed by atoms with E-state index in [0.29, 0.717) is 18.2 Å². The number of nitrogens with two attached hydrogens (primary N) is 1. The summed E-state index contributed by atoms with van der Waals surface area (Å²) in [5.41, 5.74) is 10.1. The summed E-state index contributed by atoms with van der Waals surface area (Å²) >= 11 is 0. The van der Waals surface area contributed by atoms with Crippen molar-refractivity contribution < 1.29 is 14.3 Å². The van der Waals surface area contributed by atoms with Gasteiger partial charge in [-0.2, -0.15) is 9.78 Å². The molecule has 2 aromatic heterocycles. The van der Waals surface area contributed by atoms with Gasteiger partial charge < -0.3 is 10.6 Å². The normalized spacial score (nSPS) is 19.0. The molecule has 32 heavy (non-hydrogen) atoms. The quantitative estimate of drug-likeness (QED) is 0.361. The maximum absolute atomic E-state index is 12.8. The van der Waals surface area contributed by atoms with Crippen molar-refractivity contribution in [2.45, 2.75) is 26.3 Å². The molecule has 0 unspecified atom stereocenters. The van der Waals surface area contributed by atoms with Gasteiger partial charge in [-0.1, -0.05) is 48.5 Å². The van der Waals surface area contributed by atoms with Gasteiger partial charge in [0.1, 0.15) is 12.2 Å². The minimum absolute atomic E-state index is 0.0782. The van der Waals surface area contributed by atoms with Gasteiger partial charge >= 0.3 is 0 Å². The van der Waals surface area contributed by atoms with E-state index in [9.17, 15) is 4.79 Å². The Hall–Kier alpha value is -3.86. The molecule has 3 aromatic rings. The van der Waals surface area contributed by atoms with Gasteiger partial charge in [0.25, 0.3) is 5.91 Å². The molecule has 0 bridgehead atoms. The lowest BCUT2D eigenvalue weighted by molar-refractivity contribution is -0.920. The summed E-state index contributed by atoms with van der Waals surface area (Å²) < 4.78 is 6.13. The van der Waals surface area contributed by atoms with E-state index in [1.165, 1.54) is 15.8 Å². The second kappa shape index (κ2) is 9.96. The van der Waals surface area contributed by atoms with E-state index in [-0.39, 0.29) is 17.3 Å². The Labute approximate surface area is 184 Å². The highest BCUT2D eigenvalue weighted by molar-refractivity contribution is 5.94. The van der Waals surface area contributed by atoms with Crippen molar-refractivity contribution in [1.29, 1.82) is 0 Å². The Bertz CT molecular complexity index is 1100. The van der Waals surface area contributed by atoms with E-state index >= 15 is 0 Å². The summed E-state index contributed by atoms with van der Waals surface area (Å²) in [6.07, 6.45) is 7.40. The number of carbonyl (C=O) groups excluding carboxylic acids is 1. The second-order valence-corrected chi connectivity index (χ2v) is 7.87. The Kier molecular flexibility index (Phi) is 6.66. The number of aromatic nitrogens is 5. The minimum Gasteiger partial charge on any atom is -0.378 e. The summed E-state index contributed by atoms with van der Waals surface area (Å²) in [5.74, 6) is 0.536. The molecule has 1 saturated heterocycles. The number of anilines is 1. The van der Waals surface area contributed by atoms with Crippen molar-refractivity contribution in [3.8, 4) is 5.82 Å². The molecule has 0 aliphatic carbocycles. The van der Waals surface area contributed by atoms with Crippen molar-refractivity contribution in [2.75, 3.05) is 18.8 Å². The molecule has 4 rings (SSSR count). The van der Waals surface area contributed by atoms with Gasteiger partial charge in [0.15, 0.2) is 5.69 Å². The van der Waals surface area contributed by atoms with Gasteiger partial charge in [0.2, 0.25) is 11.6 Å². The van der Waals surface area contributed by atoms with Crippen molar-refractivity contribution in [3.63, 3.8) is 0 Å². The summed E-state index contributed by atoms with van der Waals surface area (Å²) in [4.78, 5) is 14.1. The van der Waals surface area contributed by atoms with Gasteiger partial charge in [-0.15, -0.1) is 5.10 Å².